The number of aromatic nitrogens is 3. The van der Waals surface area contributed by atoms with Gasteiger partial charge in [-0.25, -0.2) is 18.4 Å². The number of fused-ring (bicyclic) bond motifs is 1. The van der Waals surface area contributed by atoms with Gasteiger partial charge in [-0.2, -0.15) is 5.26 Å². The zero-order chi connectivity index (χ0) is 22.9. The SMILES string of the molecule is N#Cc1ccc2c(c1)CN(C(=O)Cn1nc(-c3ccc(F)cc3)nc1-c1ccc(F)cc1)C2. The molecule has 6 nitrogen and oxygen atoms in total. The zero-order valence-electron chi connectivity index (χ0n) is 17.4. The lowest BCUT2D eigenvalue weighted by Gasteiger charge is -2.16. The molecule has 1 aromatic heterocycles. The Morgan fingerprint density at radius 3 is 2.21 bits per heavy atom. The molecule has 0 aliphatic carbocycles. The van der Waals surface area contributed by atoms with Crippen LogP contribution in [0, 0.1) is 23.0 Å². The van der Waals surface area contributed by atoms with E-state index < -0.39 is 0 Å². The molecule has 0 spiro atoms. The predicted molar refractivity (Wildman–Crippen MR) is 116 cm³/mol. The van der Waals surface area contributed by atoms with Crippen LogP contribution in [0.3, 0.4) is 0 Å². The van der Waals surface area contributed by atoms with Crippen molar-refractivity contribution < 1.29 is 13.6 Å². The average Bonchev–Trinajstić information content (AvgIpc) is 3.44. The summed E-state index contributed by atoms with van der Waals surface area (Å²) in [5.41, 5.74) is 3.72. The van der Waals surface area contributed by atoms with Gasteiger partial charge in [0.25, 0.3) is 0 Å². The van der Waals surface area contributed by atoms with E-state index in [0.29, 0.717) is 41.4 Å². The molecule has 0 fully saturated rings. The van der Waals surface area contributed by atoms with Crippen molar-refractivity contribution in [2.24, 2.45) is 0 Å². The second kappa shape index (κ2) is 8.28. The molecule has 1 aliphatic heterocycles. The topological polar surface area (TPSA) is 74.8 Å². The fourth-order valence-corrected chi connectivity index (χ4v) is 3.85. The van der Waals surface area contributed by atoms with Crippen LogP contribution in [0.4, 0.5) is 8.78 Å². The molecule has 3 aromatic carbocycles. The van der Waals surface area contributed by atoms with Gasteiger partial charge in [0.1, 0.15) is 18.2 Å². The van der Waals surface area contributed by atoms with Crippen molar-refractivity contribution in [2.45, 2.75) is 19.6 Å². The van der Waals surface area contributed by atoms with Crippen LogP contribution in [0.5, 0.6) is 0 Å². The minimum absolute atomic E-state index is 0.0694. The van der Waals surface area contributed by atoms with Crippen LogP contribution in [0.2, 0.25) is 0 Å². The van der Waals surface area contributed by atoms with E-state index in [1.807, 2.05) is 6.07 Å². The Morgan fingerprint density at radius 1 is 0.909 bits per heavy atom. The summed E-state index contributed by atoms with van der Waals surface area (Å²) in [5.74, 6) is -0.174. The van der Waals surface area contributed by atoms with Crippen molar-refractivity contribution in [3.8, 4) is 28.8 Å². The molecule has 0 radical (unpaired) electrons. The van der Waals surface area contributed by atoms with E-state index >= 15 is 0 Å². The number of carbonyl (C=O) groups is 1. The van der Waals surface area contributed by atoms with Crippen molar-refractivity contribution in [3.63, 3.8) is 0 Å². The van der Waals surface area contributed by atoms with Gasteiger partial charge in [0.15, 0.2) is 11.6 Å². The first-order chi connectivity index (χ1) is 16.0. The third-order valence-corrected chi connectivity index (χ3v) is 5.57. The first kappa shape index (κ1) is 20.5. The van der Waals surface area contributed by atoms with E-state index in [4.69, 9.17) is 5.26 Å². The molecule has 0 saturated carbocycles. The number of amides is 1. The Labute approximate surface area is 188 Å². The lowest BCUT2D eigenvalue weighted by atomic mass is 10.1. The summed E-state index contributed by atoms with van der Waals surface area (Å²) in [4.78, 5) is 19.4. The van der Waals surface area contributed by atoms with Gasteiger partial charge in [-0.15, -0.1) is 5.10 Å². The minimum atomic E-state index is -0.383. The molecular formula is C25H17F2N5O. The highest BCUT2D eigenvalue weighted by Crippen LogP contribution is 2.26. The summed E-state index contributed by atoms with van der Waals surface area (Å²) < 4.78 is 28.3. The van der Waals surface area contributed by atoms with Gasteiger partial charge < -0.3 is 4.90 Å². The van der Waals surface area contributed by atoms with Gasteiger partial charge >= 0.3 is 0 Å². The van der Waals surface area contributed by atoms with Gasteiger partial charge in [-0.1, -0.05) is 6.07 Å². The molecule has 0 bridgehead atoms. The molecule has 2 heterocycles. The molecule has 0 unspecified atom stereocenters. The summed E-state index contributed by atoms with van der Waals surface area (Å²) in [7, 11) is 0. The molecule has 8 heteroatoms. The maximum Gasteiger partial charge on any atom is 0.244 e. The first-order valence-corrected chi connectivity index (χ1v) is 10.3. The number of nitriles is 1. The van der Waals surface area contributed by atoms with Crippen molar-refractivity contribution in [1.82, 2.24) is 19.7 Å². The summed E-state index contributed by atoms with van der Waals surface area (Å²) >= 11 is 0. The molecule has 0 saturated heterocycles. The van der Waals surface area contributed by atoms with Gasteiger partial charge in [0.05, 0.1) is 11.6 Å². The largest absolute Gasteiger partial charge is 0.332 e. The lowest BCUT2D eigenvalue weighted by Crippen LogP contribution is -2.29. The normalized spacial score (nSPS) is 12.5. The molecular weight excluding hydrogens is 424 g/mol. The second-order valence-corrected chi connectivity index (χ2v) is 7.78. The van der Waals surface area contributed by atoms with Crippen molar-refractivity contribution in [3.05, 3.63) is 95.1 Å². The lowest BCUT2D eigenvalue weighted by molar-refractivity contribution is -0.132. The molecule has 5 rings (SSSR count). The number of hydrogen-bond donors (Lipinski definition) is 0. The van der Waals surface area contributed by atoms with E-state index in [1.165, 1.54) is 28.9 Å². The Morgan fingerprint density at radius 2 is 1.55 bits per heavy atom. The number of hydrogen-bond acceptors (Lipinski definition) is 4. The van der Waals surface area contributed by atoms with E-state index in [-0.39, 0.29) is 24.1 Å². The van der Waals surface area contributed by atoms with Crippen LogP contribution in [-0.4, -0.2) is 25.6 Å². The monoisotopic (exact) mass is 441 g/mol. The fourth-order valence-electron chi connectivity index (χ4n) is 3.85. The van der Waals surface area contributed by atoms with Gasteiger partial charge in [-0.3, -0.25) is 4.79 Å². The Hall–Kier alpha value is -4.38. The number of halogens is 2. The van der Waals surface area contributed by atoms with Crippen LogP contribution < -0.4 is 0 Å². The second-order valence-electron chi connectivity index (χ2n) is 7.78. The van der Waals surface area contributed by atoms with Crippen molar-refractivity contribution >= 4 is 5.91 Å². The van der Waals surface area contributed by atoms with Crippen molar-refractivity contribution in [1.29, 1.82) is 5.26 Å². The minimum Gasteiger partial charge on any atom is -0.332 e. The van der Waals surface area contributed by atoms with Crippen LogP contribution in [0.15, 0.2) is 66.7 Å². The fraction of sp³-hybridized carbons (Fsp3) is 0.120. The number of rotatable bonds is 4. The summed E-state index contributed by atoms with van der Waals surface area (Å²) in [6, 6.07) is 19.1. The van der Waals surface area contributed by atoms with Crippen LogP contribution in [0.1, 0.15) is 16.7 Å². The Kier molecular flexibility index (Phi) is 5.15. The molecule has 4 aromatic rings. The first-order valence-electron chi connectivity index (χ1n) is 10.3. The van der Waals surface area contributed by atoms with E-state index in [9.17, 15) is 13.6 Å². The third-order valence-electron chi connectivity index (χ3n) is 5.57. The molecule has 0 N–H and O–H groups in total. The molecule has 1 aliphatic rings. The molecule has 162 valence electrons. The predicted octanol–water partition coefficient (Wildman–Crippen LogP) is 4.30. The summed E-state index contributed by atoms with van der Waals surface area (Å²) in [6.07, 6.45) is 0. The standard InChI is InChI=1S/C25H17F2N5O/c26-21-7-3-17(4-8-21)24-29-25(18-5-9-22(27)10-6-18)32(30-24)15-23(33)31-13-19-2-1-16(12-28)11-20(19)14-31/h1-11H,13-15H2. The van der Waals surface area contributed by atoms with E-state index in [0.717, 1.165) is 11.1 Å². The maximum absolute atomic E-state index is 13.5. The maximum atomic E-state index is 13.5. The van der Waals surface area contributed by atoms with Crippen LogP contribution in [0.25, 0.3) is 22.8 Å². The highest BCUT2D eigenvalue weighted by Gasteiger charge is 2.25. The van der Waals surface area contributed by atoms with Gasteiger partial charge in [-0.05, 0) is 71.8 Å². The molecule has 33 heavy (non-hydrogen) atoms. The summed E-state index contributed by atoms with van der Waals surface area (Å²) in [6.45, 7) is 0.792. The Balaban J connectivity index is 1.45. The zero-order valence-corrected chi connectivity index (χ0v) is 17.4. The average molecular weight is 441 g/mol. The Bertz CT molecular complexity index is 1390. The third kappa shape index (κ3) is 4.08. The van der Waals surface area contributed by atoms with E-state index in [1.54, 1.807) is 41.3 Å². The number of benzene rings is 3. The quantitative estimate of drug-likeness (QED) is 0.473. The highest BCUT2D eigenvalue weighted by atomic mass is 19.1. The van der Waals surface area contributed by atoms with Crippen LogP contribution in [-0.2, 0) is 24.4 Å². The smallest absolute Gasteiger partial charge is 0.244 e. The molecule has 1 amide bonds. The van der Waals surface area contributed by atoms with Gasteiger partial charge in [0.2, 0.25) is 5.91 Å². The van der Waals surface area contributed by atoms with E-state index in [2.05, 4.69) is 16.2 Å². The molecule has 0 atom stereocenters. The highest BCUT2D eigenvalue weighted by molar-refractivity contribution is 5.77. The summed E-state index contributed by atoms with van der Waals surface area (Å²) in [5, 5.41) is 13.6. The van der Waals surface area contributed by atoms with Gasteiger partial charge in [0, 0.05) is 24.2 Å². The number of nitrogens with zero attached hydrogens (tertiary/aromatic N) is 5. The van der Waals surface area contributed by atoms with Crippen molar-refractivity contribution in [2.75, 3.05) is 0 Å². The number of carbonyl (C=O) groups excluding carboxylic acids is 1. The van der Waals surface area contributed by atoms with Crippen LogP contribution >= 0.6 is 0 Å².